The van der Waals surface area contributed by atoms with Gasteiger partial charge in [-0.05, 0) is 31.2 Å². The Morgan fingerprint density at radius 2 is 1.83 bits per heavy atom. The van der Waals surface area contributed by atoms with Crippen molar-refractivity contribution in [2.24, 2.45) is 0 Å². The minimum atomic E-state index is 0.731. The fourth-order valence-electron chi connectivity index (χ4n) is 4.01. The zero-order valence-corrected chi connectivity index (χ0v) is 14.5. The standard InChI is InChI=1S/C20H27N3O/c1-21-10-12-23(13-11-21)18-8-9-22(16-18)15-17-5-2-3-6-19(17)20-7-4-14-24-20/h2-7,14,18H,8-13,15-16H2,1H3/t18-/m0/s1. The molecule has 0 saturated carbocycles. The maximum atomic E-state index is 5.62. The van der Waals surface area contributed by atoms with Crippen molar-refractivity contribution >= 4 is 0 Å². The molecule has 0 unspecified atom stereocenters. The summed E-state index contributed by atoms with van der Waals surface area (Å²) in [5.74, 6) is 0.973. The van der Waals surface area contributed by atoms with E-state index in [4.69, 9.17) is 4.42 Å². The molecule has 0 bridgehead atoms. The van der Waals surface area contributed by atoms with E-state index in [9.17, 15) is 0 Å². The van der Waals surface area contributed by atoms with Crippen LogP contribution in [0.4, 0.5) is 0 Å². The lowest BCUT2D eigenvalue weighted by Crippen LogP contribution is -2.49. The molecule has 2 saturated heterocycles. The van der Waals surface area contributed by atoms with Crippen LogP contribution in [0.3, 0.4) is 0 Å². The number of rotatable bonds is 4. The second kappa shape index (κ2) is 7.09. The molecule has 0 N–H and O–H groups in total. The number of likely N-dealkylation sites (tertiary alicyclic amines) is 1. The van der Waals surface area contributed by atoms with Crippen molar-refractivity contribution in [3.05, 3.63) is 48.2 Å². The number of likely N-dealkylation sites (N-methyl/N-ethyl adjacent to an activating group) is 1. The monoisotopic (exact) mass is 325 g/mol. The molecule has 1 aromatic carbocycles. The third-order valence-corrected chi connectivity index (χ3v) is 5.50. The molecule has 128 valence electrons. The molecule has 24 heavy (non-hydrogen) atoms. The van der Waals surface area contributed by atoms with Crippen LogP contribution in [0.15, 0.2) is 47.1 Å². The van der Waals surface area contributed by atoms with Gasteiger partial charge in [0.05, 0.1) is 6.26 Å². The molecule has 4 nitrogen and oxygen atoms in total. The molecule has 2 aliphatic rings. The molecule has 2 fully saturated rings. The molecule has 4 heteroatoms. The Morgan fingerprint density at radius 3 is 2.62 bits per heavy atom. The lowest BCUT2D eigenvalue weighted by molar-refractivity contribution is 0.112. The Hall–Kier alpha value is -1.62. The normalized spacial score (nSPS) is 23.8. The van der Waals surface area contributed by atoms with Gasteiger partial charge in [-0.25, -0.2) is 0 Å². The van der Waals surface area contributed by atoms with Crippen molar-refractivity contribution < 1.29 is 4.42 Å². The van der Waals surface area contributed by atoms with Gasteiger partial charge in [-0.2, -0.15) is 0 Å². The Morgan fingerprint density at radius 1 is 1.00 bits per heavy atom. The number of furan rings is 1. The van der Waals surface area contributed by atoms with Gasteiger partial charge in [0.2, 0.25) is 0 Å². The first kappa shape index (κ1) is 15.9. The fourth-order valence-corrected chi connectivity index (χ4v) is 4.01. The van der Waals surface area contributed by atoms with E-state index in [-0.39, 0.29) is 0 Å². The maximum Gasteiger partial charge on any atom is 0.134 e. The van der Waals surface area contributed by atoms with E-state index in [2.05, 4.69) is 52.1 Å². The second-order valence-corrected chi connectivity index (χ2v) is 7.15. The minimum absolute atomic E-state index is 0.731. The second-order valence-electron chi connectivity index (χ2n) is 7.15. The highest BCUT2D eigenvalue weighted by molar-refractivity contribution is 5.61. The van der Waals surface area contributed by atoms with Gasteiger partial charge in [0, 0.05) is 57.4 Å². The quantitative estimate of drug-likeness (QED) is 0.862. The van der Waals surface area contributed by atoms with E-state index in [0.29, 0.717) is 0 Å². The van der Waals surface area contributed by atoms with E-state index in [0.717, 1.165) is 18.3 Å². The van der Waals surface area contributed by atoms with Crippen LogP contribution < -0.4 is 0 Å². The molecule has 4 rings (SSSR count). The molecule has 2 aliphatic heterocycles. The largest absolute Gasteiger partial charge is 0.464 e. The van der Waals surface area contributed by atoms with Crippen LogP contribution >= 0.6 is 0 Å². The van der Waals surface area contributed by atoms with E-state index < -0.39 is 0 Å². The predicted octanol–water partition coefficient (Wildman–Crippen LogP) is 2.77. The average Bonchev–Trinajstić information content (AvgIpc) is 3.28. The topological polar surface area (TPSA) is 22.9 Å². The fraction of sp³-hybridized carbons (Fsp3) is 0.500. The van der Waals surface area contributed by atoms with Gasteiger partial charge in [0.15, 0.2) is 0 Å². The van der Waals surface area contributed by atoms with Crippen molar-refractivity contribution in [1.82, 2.24) is 14.7 Å². The van der Waals surface area contributed by atoms with Crippen LogP contribution in [0.2, 0.25) is 0 Å². The molecule has 1 atom stereocenters. The van der Waals surface area contributed by atoms with Gasteiger partial charge in [-0.1, -0.05) is 24.3 Å². The summed E-state index contributed by atoms with van der Waals surface area (Å²) in [5, 5.41) is 0. The van der Waals surface area contributed by atoms with Crippen LogP contribution in [0, 0.1) is 0 Å². The Balaban J connectivity index is 1.41. The number of benzene rings is 1. The summed E-state index contributed by atoms with van der Waals surface area (Å²) >= 11 is 0. The zero-order valence-electron chi connectivity index (χ0n) is 14.5. The van der Waals surface area contributed by atoms with Gasteiger partial charge in [-0.3, -0.25) is 9.80 Å². The smallest absolute Gasteiger partial charge is 0.134 e. The summed E-state index contributed by atoms with van der Waals surface area (Å²) in [7, 11) is 2.23. The van der Waals surface area contributed by atoms with Crippen LogP contribution in [0.25, 0.3) is 11.3 Å². The van der Waals surface area contributed by atoms with Gasteiger partial charge >= 0.3 is 0 Å². The maximum absolute atomic E-state index is 5.62. The lowest BCUT2D eigenvalue weighted by Gasteiger charge is -2.36. The van der Waals surface area contributed by atoms with Gasteiger partial charge in [0.25, 0.3) is 0 Å². The summed E-state index contributed by atoms with van der Waals surface area (Å²) in [5.41, 5.74) is 2.59. The molecule has 0 spiro atoms. The van der Waals surface area contributed by atoms with Gasteiger partial charge in [-0.15, -0.1) is 0 Å². The highest BCUT2D eigenvalue weighted by Crippen LogP contribution is 2.27. The highest BCUT2D eigenvalue weighted by atomic mass is 16.3. The average molecular weight is 325 g/mol. The van der Waals surface area contributed by atoms with Crippen molar-refractivity contribution in [3.8, 4) is 11.3 Å². The van der Waals surface area contributed by atoms with E-state index in [1.54, 1.807) is 6.26 Å². The summed E-state index contributed by atoms with van der Waals surface area (Å²) in [6.07, 6.45) is 3.05. The van der Waals surface area contributed by atoms with Crippen molar-refractivity contribution in [2.75, 3.05) is 46.3 Å². The zero-order chi connectivity index (χ0) is 16.4. The van der Waals surface area contributed by atoms with E-state index >= 15 is 0 Å². The summed E-state index contributed by atoms with van der Waals surface area (Å²) in [4.78, 5) is 7.73. The lowest BCUT2D eigenvalue weighted by atomic mass is 10.0. The first-order valence-corrected chi connectivity index (χ1v) is 9.06. The molecule has 0 aliphatic carbocycles. The SMILES string of the molecule is CN1CCN([C@H]2CCN(Cc3ccccc3-c3ccco3)C2)CC1. The van der Waals surface area contributed by atoms with Crippen molar-refractivity contribution in [1.29, 1.82) is 0 Å². The number of nitrogens with zero attached hydrogens (tertiary/aromatic N) is 3. The first-order chi connectivity index (χ1) is 11.8. The van der Waals surface area contributed by atoms with Crippen molar-refractivity contribution in [3.63, 3.8) is 0 Å². The molecule has 0 radical (unpaired) electrons. The molecular weight excluding hydrogens is 298 g/mol. The number of hydrogen-bond acceptors (Lipinski definition) is 4. The van der Waals surface area contributed by atoms with E-state index in [1.165, 1.54) is 56.8 Å². The molecule has 2 aromatic rings. The molecule has 1 aromatic heterocycles. The third kappa shape index (κ3) is 3.41. The number of piperazine rings is 1. The molecule has 0 amide bonds. The van der Waals surface area contributed by atoms with Gasteiger partial charge in [0.1, 0.15) is 5.76 Å². The highest BCUT2D eigenvalue weighted by Gasteiger charge is 2.29. The van der Waals surface area contributed by atoms with E-state index in [1.807, 2.05) is 6.07 Å². The first-order valence-electron chi connectivity index (χ1n) is 9.06. The Kier molecular flexibility index (Phi) is 4.69. The predicted molar refractivity (Wildman–Crippen MR) is 96.9 cm³/mol. The number of hydrogen-bond donors (Lipinski definition) is 0. The van der Waals surface area contributed by atoms with Crippen LogP contribution in [-0.4, -0.2) is 67.1 Å². The summed E-state index contributed by atoms with van der Waals surface area (Å²) in [6.45, 7) is 8.26. The van der Waals surface area contributed by atoms with Gasteiger partial charge < -0.3 is 9.32 Å². The van der Waals surface area contributed by atoms with Crippen LogP contribution in [0.1, 0.15) is 12.0 Å². The minimum Gasteiger partial charge on any atom is -0.464 e. The van der Waals surface area contributed by atoms with Crippen LogP contribution in [-0.2, 0) is 6.54 Å². The molecular formula is C20H27N3O. The third-order valence-electron chi connectivity index (χ3n) is 5.50. The van der Waals surface area contributed by atoms with Crippen molar-refractivity contribution in [2.45, 2.75) is 19.0 Å². The summed E-state index contributed by atoms with van der Waals surface area (Å²) < 4.78 is 5.62. The summed E-state index contributed by atoms with van der Waals surface area (Å²) in [6, 6.07) is 13.4. The molecule has 3 heterocycles. The van der Waals surface area contributed by atoms with Crippen LogP contribution in [0.5, 0.6) is 0 Å². The Bertz CT molecular complexity index is 647. The Labute approximate surface area is 144 Å².